The van der Waals surface area contributed by atoms with E-state index < -0.39 is 0 Å². The van der Waals surface area contributed by atoms with E-state index in [1.54, 1.807) is 4.90 Å². The fourth-order valence-electron chi connectivity index (χ4n) is 2.86. The predicted molar refractivity (Wildman–Crippen MR) is 68.2 cm³/mol. The summed E-state index contributed by atoms with van der Waals surface area (Å²) in [6.45, 7) is 5.47. The van der Waals surface area contributed by atoms with Gasteiger partial charge in [-0.3, -0.25) is 9.59 Å². The van der Waals surface area contributed by atoms with Gasteiger partial charge in [-0.15, -0.1) is 0 Å². The van der Waals surface area contributed by atoms with Crippen LogP contribution >= 0.6 is 0 Å². The Morgan fingerprint density at radius 1 is 1.28 bits per heavy atom. The minimum absolute atomic E-state index is 0.0344. The quantitative estimate of drug-likeness (QED) is 0.767. The number of likely N-dealkylation sites (tertiary alicyclic amines) is 1. The van der Waals surface area contributed by atoms with Gasteiger partial charge in [0.2, 0.25) is 0 Å². The lowest BCUT2D eigenvalue weighted by molar-refractivity contribution is -0.145. The summed E-state index contributed by atoms with van der Waals surface area (Å²) in [5.74, 6) is 0.610. The Bertz CT molecular complexity index is 321. The summed E-state index contributed by atoms with van der Waals surface area (Å²) in [7, 11) is 0. The molecule has 2 aliphatic rings. The van der Waals surface area contributed by atoms with Gasteiger partial charge in [-0.2, -0.15) is 0 Å². The van der Waals surface area contributed by atoms with Gasteiger partial charge in [-0.05, 0) is 31.6 Å². The van der Waals surface area contributed by atoms with Gasteiger partial charge >= 0.3 is 0 Å². The van der Waals surface area contributed by atoms with E-state index in [2.05, 4.69) is 0 Å². The van der Waals surface area contributed by atoms with Gasteiger partial charge in [-0.25, -0.2) is 0 Å². The predicted octanol–water partition coefficient (Wildman–Crippen LogP) is 1.77. The van der Waals surface area contributed by atoms with Crippen LogP contribution in [0.25, 0.3) is 0 Å². The van der Waals surface area contributed by atoms with Gasteiger partial charge in [0.15, 0.2) is 5.78 Å². The molecule has 2 unspecified atom stereocenters. The van der Waals surface area contributed by atoms with Gasteiger partial charge in [0.25, 0.3) is 5.91 Å². The number of hydrogen-bond donors (Lipinski definition) is 0. The molecule has 2 saturated heterocycles. The average molecular weight is 253 g/mol. The number of carbonyl (C=O) groups excluding carboxylic acids is 2. The van der Waals surface area contributed by atoms with Gasteiger partial charge in [0.1, 0.15) is 6.10 Å². The molecule has 4 nitrogen and oxygen atoms in total. The number of carbonyl (C=O) groups is 2. The second-order valence-corrected chi connectivity index (χ2v) is 5.76. The number of ketones is 1. The Kier molecular flexibility index (Phi) is 4.38. The molecule has 0 aromatic carbocycles. The largest absolute Gasteiger partial charge is 0.368 e. The molecule has 102 valence electrons. The van der Waals surface area contributed by atoms with Crippen LogP contribution < -0.4 is 0 Å². The van der Waals surface area contributed by atoms with E-state index in [9.17, 15) is 9.59 Å². The number of nitrogens with zero attached hydrogens (tertiary/aromatic N) is 1. The molecule has 2 aliphatic heterocycles. The molecule has 1 amide bonds. The Balaban J connectivity index is 1.98. The molecule has 0 spiro atoms. The van der Waals surface area contributed by atoms with E-state index in [0.29, 0.717) is 25.5 Å². The number of Topliss-reactive ketones (excluding diaryl/α,β-unsaturated/α-hetero) is 1. The summed E-state index contributed by atoms with van der Waals surface area (Å²) >= 11 is 0. The molecule has 2 rings (SSSR count). The summed E-state index contributed by atoms with van der Waals surface area (Å²) in [5, 5.41) is 0. The van der Waals surface area contributed by atoms with E-state index in [0.717, 1.165) is 25.7 Å². The van der Waals surface area contributed by atoms with Crippen LogP contribution in [0.2, 0.25) is 0 Å². The van der Waals surface area contributed by atoms with Crippen LogP contribution in [0.4, 0.5) is 0 Å². The van der Waals surface area contributed by atoms with Crippen molar-refractivity contribution >= 4 is 11.7 Å². The van der Waals surface area contributed by atoms with Crippen molar-refractivity contribution in [2.45, 2.75) is 58.1 Å². The van der Waals surface area contributed by atoms with Crippen molar-refractivity contribution in [2.24, 2.45) is 5.92 Å². The summed E-state index contributed by atoms with van der Waals surface area (Å²) in [5.41, 5.74) is 0. The second-order valence-electron chi connectivity index (χ2n) is 5.76. The Labute approximate surface area is 109 Å². The lowest BCUT2D eigenvalue weighted by Gasteiger charge is -2.26. The maximum atomic E-state index is 12.3. The van der Waals surface area contributed by atoms with E-state index in [-0.39, 0.29) is 23.8 Å². The fourth-order valence-corrected chi connectivity index (χ4v) is 2.86. The van der Waals surface area contributed by atoms with E-state index in [1.807, 2.05) is 13.8 Å². The molecule has 0 aromatic heterocycles. The summed E-state index contributed by atoms with van der Waals surface area (Å²) < 4.78 is 5.43. The summed E-state index contributed by atoms with van der Waals surface area (Å²) in [4.78, 5) is 26.2. The van der Waals surface area contributed by atoms with Crippen molar-refractivity contribution in [3.8, 4) is 0 Å². The van der Waals surface area contributed by atoms with Gasteiger partial charge in [0, 0.05) is 19.6 Å². The minimum Gasteiger partial charge on any atom is -0.368 e. The van der Waals surface area contributed by atoms with Crippen molar-refractivity contribution in [3.05, 3.63) is 0 Å². The van der Waals surface area contributed by atoms with Gasteiger partial charge in [0.05, 0.1) is 6.04 Å². The second kappa shape index (κ2) is 5.83. The van der Waals surface area contributed by atoms with E-state index >= 15 is 0 Å². The zero-order valence-electron chi connectivity index (χ0n) is 11.4. The van der Waals surface area contributed by atoms with E-state index in [1.165, 1.54) is 0 Å². The molecule has 4 heteroatoms. The normalized spacial score (nSPS) is 28.1. The smallest absolute Gasteiger partial charge is 0.252 e. The molecule has 0 N–H and O–H groups in total. The molecule has 18 heavy (non-hydrogen) atoms. The third-order valence-corrected chi connectivity index (χ3v) is 3.72. The summed E-state index contributed by atoms with van der Waals surface area (Å²) in [6.07, 6.45) is 3.80. The first-order valence-corrected chi connectivity index (χ1v) is 7.04. The van der Waals surface area contributed by atoms with Crippen LogP contribution in [0.15, 0.2) is 0 Å². The lowest BCUT2D eigenvalue weighted by Crippen LogP contribution is -2.45. The zero-order chi connectivity index (χ0) is 13.1. The molecule has 2 atom stereocenters. The number of ether oxygens (including phenoxy) is 1. The number of hydrogen-bond acceptors (Lipinski definition) is 3. The van der Waals surface area contributed by atoms with Crippen LogP contribution in [0.1, 0.15) is 46.0 Å². The van der Waals surface area contributed by atoms with Crippen LogP contribution in [-0.2, 0) is 14.3 Å². The first kappa shape index (κ1) is 13.5. The van der Waals surface area contributed by atoms with Crippen molar-refractivity contribution in [2.75, 3.05) is 13.2 Å². The maximum absolute atomic E-state index is 12.3. The first-order chi connectivity index (χ1) is 8.59. The monoisotopic (exact) mass is 253 g/mol. The van der Waals surface area contributed by atoms with Crippen molar-refractivity contribution in [3.63, 3.8) is 0 Å². The van der Waals surface area contributed by atoms with Crippen molar-refractivity contribution in [1.29, 1.82) is 0 Å². The lowest BCUT2D eigenvalue weighted by atomic mass is 10.00. The zero-order valence-corrected chi connectivity index (χ0v) is 11.4. The highest BCUT2D eigenvalue weighted by Crippen LogP contribution is 2.24. The summed E-state index contributed by atoms with van der Waals surface area (Å²) in [6, 6.07) is -0.191. The molecular weight excluding hydrogens is 230 g/mol. The maximum Gasteiger partial charge on any atom is 0.252 e. The molecule has 0 saturated carbocycles. The van der Waals surface area contributed by atoms with Crippen LogP contribution in [0.5, 0.6) is 0 Å². The highest BCUT2D eigenvalue weighted by molar-refractivity contribution is 5.91. The topological polar surface area (TPSA) is 46.6 Å². The van der Waals surface area contributed by atoms with Gasteiger partial charge in [-0.1, -0.05) is 13.8 Å². The highest BCUT2D eigenvalue weighted by Gasteiger charge is 2.38. The Hall–Kier alpha value is -0.900. The SMILES string of the molecule is CC(C)CC(=O)C1CCCN1C(=O)C1CCCO1. The molecule has 2 fully saturated rings. The molecular formula is C14H23NO3. The molecule has 2 heterocycles. The third kappa shape index (κ3) is 2.91. The third-order valence-electron chi connectivity index (χ3n) is 3.72. The van der Waals surface area contributed by atoms with E-state index in [4.69, 9.17) is 4.74 Å². The first-order valence-electron chi connectivity index (χ1n) is 7.04. The molecule has 0 aromatic rings. The highest BCUT2D eigenvalue weighted by atomic mass is 16.5. The van der Waals surface area contributed by atoms with Crippen LogP contribution in [-0.4, -0.2) is 41.9 Å². The van der Waals surface area contributed by atoms with Crippen molar-refractivity contribution < 1.29 is 14.3 Å². The standard InChI is InChI=1S/C14H23NO3/c1-10(2)9-12(16)11-5-3-7-15(11)14(17)13-6-4-8-18-13/h10-11,13H,3-9H2,1-2H3. The molecule has 0 aliphatic carbocycles. The Morgan fingerprint density at radius 3 is 2.67 bits per heavy atom. The molecule has 0 radical (unpaired) electrons. The fraction of sp³-hybridized carbons (Fsp3) is 0.857. The minimum atomic E-state index is -0.294. The van der Waals surface area contributed by atoms with Crippen LogP contribution in [0, 0.1) is 5.92 Å². The van der Waals surface area contributed by atoms with Crippen molar-refractivity contribution in [1.82, 2.24) is 4.90 Å². The van der Waals surface area contributed by atoms with Gasteiger partial charge < -0.3 is 9.64 Å². The van der Waals surface area contributed by atoms with Crippen LogP contribution in [0.3, 0.4) is 0 Å². The number of rotatable bonds is 4. The average Bonchev–Trinajstić information content (AvgIpc) is 2.98. The number of amides is 1. The molecule has 0 bridgehead atoms. The Morgan fingerprint density at radius 2 is 2.06 bits per heavy atom.